The molecule has 1 fully saturated rings. The second-order valence-corrected chi connectivity index (χ2v) is 3.04. The summed E-state index contributed by atoms with van der Waals surface area (Å²) in [5, 5.41) is 8.69. The topological polar surface area (TPSA) is 49.7 Å². The highest BCUT2D eigenvalue weighted by Gasteiger charge is 2.25. The van der Waals surface area contributed by atoms with E-state index >= 15 is 0 Å². The van der Waals surface area contributed by atoms with Gasteiger partial charge in [0, 0.05) is 0 Å². The van der Waals surface area contributed by atoms with Gasteiger partial charge >= 0.3 is 5.97 Å². The molecule has 2 atom stereocenters. The molecule has 0 bridgehead atoms. The van der Waals surface area contributed by atoms with E-state index in [1.165, 1.54) is 0 Å². The first kappa shape index (κ1) is 8.24. The van der Waals surface area contributed by atoms with Crippen LogP contribution >= 0.6 is 0 Å². The van der Waals surface area contributed by atoms with Crippen LogP contribution in [0, 0.1) is 5.92 Å². The van der Waals surface area contributed by atoms with Gasteiger partial charge in [-0.1, -0.05) is 6.42 Å². The number of carboxylic acids is 1. The van der Waals surface area contributed by atoms with E-state index in [1.54, 1.807) is 0 Å². The van der Waals surface area contributed by atoms with Gasteiger partial charge in [0.25, 0.3) is 0 Å². The predicted molar refractivity (Wildman–Crippen MR) is 42.9 cm³/mol. The van der Waals surface area contributed by atoms with Gasteiger partial charge in [-0.05, 0) is 26.0 Å². The third-order valence-corrected chi connectivity index (χ3v) is 2.25. The smallest absolute Gasteiger partial charge is 0.306 e. The number of aliphatic carboxylic acids is 1. The average Bonchev–Trinajstić information content (AvgIpc) is 2.05. The molecule has 11 heavy (non-hydrogen) atoms. The van der Waals surface area contributed by atoms with Crippen LogP contribution < -0.4 is 0 Å². The second kappa shape index (κ2) is 3.51. The van der Waals surface area contributed by atoms with E-state index in [4.69, 9.17) is 5.11 Å². The van der Waals surface area contributed by atoms with Gasteiger partial charge in [-0.25, -0.2) is 0 Å². The first-order valence-corrected chi connectivity index (χ1v) is 3.92. The molecular weight excluding hydrogens is 142 g/mol. The molecule has 0 heterocycles. The van der Waals surface area contributed by atoms with E-state index in [2.05, 4.69) is 11.7 Å². The maximum atomic E-state index is 10.6. The largest absolute Gasteiger partial charge is 0.481 e. The van der Waals surface area contributed by atoms with Crippen molar-refractivity contribution < 1.29 is 9.90 Å². The molecule has 1 rings (SSSR count). The standard InChI is InChI=1S/C8H13NO2/c1-9-7-4-2-3-6(5-7)8(10)11/h6-7H,1-5H2,(H,10,11). The van der Waals surface area contributed by atoms with Gasteiger partial charge in [-0.15, -0.1) is 0 Å². The van der Waals surface area contributed by atoms with Crippen molar-refractivity contribution in [3.05, 3.63) is 0 Å². The molecular formula is C8H13NO2. The Bertz CT molecular complexity index is 167. The summed E-state index contributed by atoms with van der Waals surface area (Å²) in [6, 6.07) is 0.185. The molecule has 0 aliphatic heterocycles. The summed E-state index contributed by atoms with van der Waals surface area (Å²) in [7, 11) is 0. The van der Waals surface area contributed by atoms with Crippen LogP contribution in [-0.2, 0) is 4.79 Å². The van der Waals surface area contributed by atoms with Crippen molar-refractivity contribution in [2.24, 2.45) is 10.9 Å². The van der Waals surface area contributed by atoms with Gasteiger partial charge in [0.1, 0.15) is 0 Å². The maximum Gasteiger partial charge on any atom is 0.306 e. The SMILES string of the molecule is C=NC1CCCC(C(=O)O)C1. The van der Waals surface area contributed by atoms with Crippen LogP contribution in [0.5, 0.6) is 0 Å². The van der Waals surface area contributed by atoms with Crippen molar-refractivity contribution in [1.29, 1.82) is 0 Å². The number of hydrogen-bond acceptors (Lipinski definition) is 2. The molecule has 1 N–H and O–H groups in total. The van der Waals surface area contributed by atoms with Crippen molar-refractivity contribution in [2.75, 3.05) is 0 Å². The third-order valence-electron chi connectivity index (χ3n) is 2.25. The van der Waals surface area contributed by atoms with Crippen LogP contribution in [0.1, 0.15) is 25.7 Å². The zero-order chi connectivity index (χ0) is 8.27. The number of hydrogen-bond donors (Lipinski definition) is 1. The van der Waals surface area contributed by atoms with Crippen LogP contribution in [0.3, 0.4) is 0 Å². The molecule has 3 heteroatoms. The van der Waals surface area contributed by atoms with E-state index in [-0.39, 0.29) is 12.0 Å². The van der Waals surface area contributed by atoms with Crippen LogP contribution in [0.4, 0.5) is 0 Å². The van der Waals surface area contributed by atoms with E-state index in [1.807, 2.05) is 0 Å². The monoisotopic (exact) mass is 155 g/mol. The molecule has 0 amide bonds. The Hall–Kier alpha value is -0.860. The molecule has 1 aliphatic carbocycles. The summed E-state index contributed by atoms with van der Waals surface area (Å²) in [5.41, 5.74) is 0. The fourth-order valence-corrected chi connectivity index (χ4v) is 1.55. The van der Waals surface area contributed by atoms with Gasteiger partial charge in [0.2, 0.25) is 0 Å². The lowest BCUT2D eigenvalue weighted by Crippen LogP contribution is -2.24. The van der Waals surface area contributed by atoms with E-state index < -0.39 is 5.97 Å². The first-order chi connectivity index (χ1) is 5.24. The van der Waals surface area contributed by atoms with Gasteiger partial charge in [0.05, 0.1) is 12.0 Å². The van der Waals surface area contributed by atoms with Gasteiger partial charge in [-0.3, -0.25) is 9.79 Å². The molecule has 0 aromatic carbocycles. The lowest BCUT2D eigenvalue weighted by Gasteiger charge is -2.22. The van der Waals surface area contributed by atoms with E-state index in [0.29, 0.717) is 6.42 Å². The summed E-state index contributed by atoms with van der Waals surface area (Å²) in [4.78, 5) is 14.4. The lowest BCUT2D eigenvalue weighted by molar-refractivity contribution is -0.142. The maximum absolute atomic E-state index is 10.6. The minimum absolute atomic E-state index is 0.181. The van der Waals surface area contributed by atoms with Crippen molar-refractivity contribution in [3.8, 4) is 0 Å². The molecule has 1 saturated carbocycles. The normalized spacial score (nSPS) is 31.3. The summed E-state index contributed by atoms with van der Waals surface area (Å²) in [6.45, 7) is 3.44. The van der Waals surface area contributed by atoms with Crippen molar-refractivity contribution in [1.82, 2.24) is 0 Å². The average molecular weight is 155 g/mol. The summed E-state index contributed by atoms with van der Waals surface area (Å²) in [6.07, 6.45) is 3.47. The lowest BCUT2D eigenvalue weighted by atomic mass is 9.86. The Morgan fingerprint density at radius 2 is 2.27 bits per heavy atom. The predicted octanol–water partition coefficient (Wildman–Crippen LogP) is 1.33. The number of carboxylic acid groups (broad SMARTS) is 1. The number of nitrogens with zero attached hydrogens (tertiary/aromatic N) is 1. The van der Waals surface area contributed by atoms with Crippen LogP contribution in [0.25, 0.3) is 0 Å². The van der Waals surface area contributed by atoms with Crippen LogP contribution in [-0.4, -0.2) is 23.8 Å². The molecule has 2 unspecified atom stereocenters. The highest BCUT2D eigenvalue weighted by atomic mass is 16.4. The third kappa shape index (κ3) is 2.03. The molecule has 0 saturated heterocycles. The number of carbonyl (C=O) groups is 1. The second-order valence-electron chi connectivity index (χ2n) is 3.04. The first-order valence-electron chi connectivity index (χ1n) is 3.92. The Morgan fingerprint density at radius 3 is 2.82 bits per heavy atom. The molecule has 3 nitrogen and oxygen atoms in total. The van der Waals surface area contributed by atoms with Gasteiger partial charge in [0.15, 0.2) is 0 Å². The zero-order valence-electron chi connectivity index (χ0n) is 6.49. The zero-order valence-corrected chi connectivity index (χ0v) is 6.49. The fourth-order valence-electron chi connectivity index (χ4n) is 1.55. The highest BCUT2D eigenvalue weighted by molar-refractivity contribution is 5.70. The Balaban J connectivity index is 2.45. The summed E-state index contributed by atoms with van der Waals surface area (Å²) in [5.74, 6) is -0.863. The Labute approximate surface area is 66.1 Å². The quantitative estimate of drug-likeness (QED) is 0.611. The summed E-state index contributed by atoms with van der Waals surface area (Å²) < 4.78 is 0. The molecule has 62 valence electrons. The highest BCUT2D eigenvalue weighted by Crippen LogP contribution is 2.25. The van der Waals surface area contributed by atoms with E-state index in [9.17, 15) is 4.79 Å². The van der Waals surface area contributed by atoms with Gasteiger partial charge in [-0.2, -0.15) is 0 Å². The van der Waals surface area contributed by atoms with Crippen LogP contribution in [0.15, 0.2) is 4.99 Å². The van der Waals surface area contributed by atoms with Crippen molar-refractivity contribution >= 4 is 12.7 Å². The van der Waals surface area contributed by atoms with Crippen LogP contribution in [0.2, 0.25) is 0 Å². The molecule has 0 radical (unpaired) electrons. The van der Waals surface area contributed by atoms with Crippen molar-refractivity contribution in [2.45, 2.75) is 31.7 Å². The number of rotatable bonds is 2. The van der Waals surface area contributed by atoms with Gasteiger partial charge < -0.3 is 5.11 Å². The molecule has 1 aliphatic rings. The minimum atomic E-state index is -0.682. The molecule has 0 spiro atoms. The summed E-state index contributed by atoms with van der Waals surface area (Å²) >= 11 is 0. The van der Waals surface area contributed by atoms with E-state index in [0.717, 1.165) is 19.3 Å². The van der Waals surface area contributed by atoms with Crippen molar-refractivity contribution in [3.63, 3.8) is 0 Å². The fraction of sp³-hybridized carbons (Fsp3) is 0.750. The minimum Gasteiger partial charge on any atom is -0.481 e. The Morgan fingerprint density at radius 1 is 1.55 bits per heavy atom. The molecule has 0 aromatic rings. The number of aliphatic imine (C=N–C) groups is 1. The Kier molecular flexibility index (Phi) is 2.63. The molecule has 0 aromatic heterocycles.